The van der Waals surface area contributed by atoms with Crippen LogP contribution in [0, 0.1) is 41.3 Å². The smallest absolute Gasteiger partial charge is 0.268 e. The summed E-state index contributed by atoms with van der Waals surface area (Å²) in [4.78, 5) is 12.0. The van der Waals surface area contributed by atoms with Gasteiger partial charge in [-0.15, -0.1) is 0 Å². The lowest BCUT2D eigenvalue weighted by molar-refractivity contribution is 0.540. The van der Waals surface area contributed by atoms with Gasteiger partial charge in [0.1, 0.15) is 5.82 Å². The molecule has 0 saturated heterocycles. The number of nitriles is 2. The van der Waals surface area contributed by atoms with Crippen LogP contribution in [0.1, 0.15) is 29.2 Å². The van der Waals surface area contributed by atoms with Crippen molar-refractivity contribution >= 4 is 0 Å². The molecule has 0 aliphatic heterocycles. The summed E-state index contributed by atoms with van der Waals surface area (Å²) in [5.74, 6) is -2.09. The van der Waals surface area contributed by atoms with E-state index in [0.29, 0.717) is 11.3 Å². The van der Waals surface area contributed by atoms with Crippen LogP contribution >= 0.6 is 0 Å². The third-order valence-corrected chi connectivity index (χ3v) is 3.44. The Hall–Kier alpha value is -2.86. The Labute approximate surface area is 120 Å². The maximum Gasteiger partial charge on any atom is 0.268 e. The monoisotopic (exact) mass is 284 g/mol. The van der Waals surface area contributed by atoms with Crippen molar-refractivity contribution in [2.24, 2.45) is 5.92 Å². The summed E-state index contributed by atoms with van der Waals surface area (Å²) in [7, 11) is 0. The van der Waals surface area contributed by atoms with Gasteiger partial charge >= 0.3 is 0 Å². The molecular formula is C15H13FN4O. The highest BCUT2D eigenvalue weighted by atomic mass is 19.1. The zero-order chi connectivity index (χ0) is 15.4. The molecule has 0 radical (unpaired) electrons. The number of halogens is 1. The van der Waals surface area contributed by atoms with Gasteiger partial charge in [0.2, 0.25) is 0 Å². The van der Waals surface area contributed by atoms with Crippen LogP contribution < -0.4 is 5.56 Å². The van der Waals surface area contributed by atoms with Gasteiger partial charge in [0, 0.05) is 17.2 Å². The summed E-state index contributed by atoms with van der Waals surface area (Å²) >= 11 is 0. The Balaban J connectivity index is 2.67. The number of hydrogen-bond acceptors (Lipinski definition) is 3. The minimum atomic E-state index is -0.803. The normalized spacial score (nSPS) is 13.1. The number of aromatic amines is 2. The highest BCUT2D eigenvalue weighted by Crippen LogP contribution is 2.34. The molecule has 0 spiro atoms. The van der Waals surface area contributed by atoms with E-state index in [1.54, 1.807) is 13.0 Å². The molecule has 21 heavy (non-hydrogen) atoms. The summed E-state index contributed by atoms with van der Waals surface area (Å²) in [6.45, 7) is 1.67. The molecule has 0 saturated carbocycles. The maximum atomic E-state index is 14.1. The predicted octanol–water partition coefficient (Wildman–Crippen LogP) is 2.34. The second-order valence-electron chi connectivity index (χ2n) is 4.71. The van der Waals surface area contributed by atoms with Crippen LogP contribution in [0.25, 0.3) is 0 Å². The number of benzene rings is 1. The summed E-state index contributed by atoms with van der Waals surface area (Å²) in [6.07, 6.45) is -0.0838. The van der Waals surface area contributed by atoms with E-state index >= 15 is 0 Å². The van der Waals surface area contributed by atoms with Crippen LogP contribution in [-0.2, 0) is 0 Å². The third-order valence-electron chi connectivity index (χ3n) is 3.44. The van der Waals surface area contributed by atoms with E-state index < -0.39 is 23.2 Å². The zero-order valence-corrected chi connectivity index (χ0v) is 11.4. The molecule has 0 aliphatic carbocycles. The fourth-order valence-corrected chi connectivity index (χ4v) is 2.47. The van der Waals surface area contributed by atoms with E-state index in [9.17, 15) is 14.4 Å². The second kappa shape index (κ2) is 6.06. The number of rotatable bonds is 4. The molecule has 6 heteroatoms. The van der Waals surface area contributed by atoms with Gasteiger partial charge in [-0.2, -0.15) is 10.5 Å². The molecule has 106 valence electrons. The summed E-state index contributed by atoms with van der Waals surface area (Å²) in [5.41, 5.74) is 0.666. The van der Waals surface area contributed by atoms with Gasteiger partial charge in [0.05, 0.1) is 24.5 Å². The minimum Gasteiger partial charge on any atom is -0.302 e. The lowest BCUT2D eigenvalue weighted by Gasteiger charge is -2.20. The summed E-state index contributed by atoms with van der Waals surface area (Å²) in [5, 5.41) is 23.3. The molecule has 2 N–H and O–H groups in total. The first-order valence-corrected chi connectivity index (χ1v) is 6.38. The lowest BCUT2D eigenvalue weighted by Crippen LogP contribution is -2.21. The minimum absolute atomic E-state index is 0.0838. The number of nitrogens with zero attached hydrogens (tertiary/aromatic N) is 2. The van der Waals surface area contributed by atoms with E-state index in [1.165, 1.54) is 18.2 Å². The van der Waals surface area contributed by atoms with Crippen molar-refractivity contribution in [2.45, 2.75) is 19.3 Å². The highest BCUT2D eigenvalue weighted by Gasteiger charge is 2.31. The first-order chi connectivity index (χ1) is 10.1. The molecule has 0 aliphatic rings. The van der Waals surface area contributed by atoms with E-state index in [2.05, 4.69) is 10.2 Å². The van der Waals surface area contributed by atoms with Gasteiger partial charge in [0.25, 0.3) is 5.56 Å². The summed E-state index contributed by atoms with van der Waals surface area (Å²) in [6, 6.07) is 9.93. The fourth-order valence-electron chi connectivity index (χ4n) is 2.47. The molecule has 0 bridgehead atoms. The summed E-state index contributed by atoms with van der Waals surface area (Å²) < 4.78 is 14.1. The Morgan fingerprint density at radius 2 is 2.00 bits per heavy atom. The fraction of sp³-hybridized carbons (Fsp3) is 0.267. The van der Waals surface area contributed by atoms with Gasteiger partial charge < -0.3 is 5.10 Å². The Morgan fingerprint density at radius 1 is 1.29 bits per heavy atom. The molecule has 0 unspecified atom stereocenters. The second-order valence-corrected chi connectivity index (χ2v) is 4.71. The first-order valence-electron chi connectivity index (χ1n) is 6.38. The van der Waals surface area contributed by atoms with E-state index in [1.807, 2.05) is 12.1 Å². The molecule has 2 aromatic rings. The van der Waals surface area contributed by atoms with Crippen LogP contribution in [0.3, 0.4) is 0 Å². The van der Waals surface area contributed by atoms with Gasteiger partial charge in [-0.25, -0.2) is 4.39 Å². The van der Waals surface area contributed by atoms with Crippen molar-refractivity contribution in [1.29, 1.82) is 10.5 Å². The van der Waals surface area contributed by atoms with Gasteiger partial charge in [-0.05, 0) is 18.6 Å². The van der Waals surface area contributed by atoms with Crippen LogP contribution in [-0.4, -0.2) is 10.2 Å². The molecule has 2 atom stereocenters. The van der Waals surface area contributed by atoms with E-state index in [0.717, 1.165) is 0 Å². The average Bonchev–Trinajstić information content (AvgIpc) is 2.80. The quantitative estimate of drug-likeness (QED) is 0.901. The third kappa shape index (κ3) is 2.70. The Bertz CT molecular complexity index is 778. The van der Waals surface area contributed by atoms with Crippen molar-refractivity contribution in [2.75, 3.05) is 0 Å². The van der Waals surface area contributed by atoms with Gasteiger partial charge in [0.15, 0.2) is 0 Å². The van der Waals surface area contributed by atoms with Crippen molar-refractivity contribution < 1.29 is 4.39 Å². The largest absolute Gasteiger partial charge is 0.302 e. The topological polar surface area (TPSA) is 96.2 Å². The van der Waals surface area contributed by atoms with Crippen LogP contribution in [0.5, 0.6) is 0 Å². The predicted molar refractivity (Wildman–Crippen MR) is 73.7 cm³/mol. The average molecular weight is 284 g/mol. The van der Waals surface area contributed by atoms with Gasteiger partial charge in [-0.1, -0.05) is 18.2 Å². The SMILES string of the molecule is Cc1[nH][nH]c(=O)c1[C@H](c1ccccc1F)[C@H](C#N)CC#N. The molecule has 1 aromatic heterocycles. The van der Waals surface area contributed by atoms with Crippen LogP contribution in [0.2, 0.25) is 0 Å². The molecular weight excluding hydrogens is 271 g/mol. The number of H-pyrrole nitrogens is 2. The van der Waals surface area contributed by atoms with Crippen molar-refractivity contribution in [3.05, 3.63) is 57.3 Å². The van der Waals surface area contributed by atoms with Gasteiger partial charge in [-0.3, -0.25) is 9.89 Å². The van der Waals surface area contributed by atoms with Crippen LogP contribution in [0.15, 0.2) is 29.1 Å². The number of aryl methyl sites for hydroxylation is 1. The Morgan fingerprint density at radius 3 is 2.52 bits per heavy atom. The number of hydrogen-bond donors (Lipinski definition) is 2. The Kier molecular flexibility index (Phi) is 4.20. The first kappa shape index (κ1) is 14.5. The molecule has 2 rings (SSSR count). The molecule has 0 amide bonds. The maximum absolute atomic E-state index is 14.1. The highest BCUT2D eigenvalue weighted by molar-refractivity contribution is 5.37. The van der Waals surface area contributed by atoms with Crippen molar-refractivity contribution in [1.82, 2.24) is 10.2 Å². The molecule has 0 fully saturated rings. The number of aromatic nitrogens is 2. The van der Waals surface area contributed by atoms with Crippen molar-refractivity contribution in [3.63, 3.8) is 0 Å². The number of nitrogens with one attached hydrogen (secondary N) is 2. The molecule has 1 heterocycles. The van der Waals surface area contributed by atoms with Crippen molar-refractivity contribution in [3.8, 4) is 12.1 Å². The zero-order valence-electron chi connectivity index (χ0n) is 11.4. The standard InChI is InChI=1S/C15H13FN4O/c1-9-13(15(21)20-19-9)14(10(8-18)6-7-17)11-4-2-3-5-12(11)16/h2-5,10,14H,6H2,1H3,(H2,19,20,21)/t10-,14-/m0/s1. The van der Waals surface area contributed by atoms with E-state index in [-0.39, 0.29) is 12.0 Å². The van der Waals surface area contributed by atoms with Crippen LogP contribution in [0.4, 0.5) is 4.39 Å². The lowest BCUT2D eigenvalue weighted by atomic mass is 9.80. The molecule has 5 nitrogen and oxygen atoms in total. The van der Waals surface area contributed by atoms with E-state index in [4.69, 9.17) is 5.26 Å². The molecule has 1 aromatic carbocycles.